The standard InChI is InChI=1S/C24H36O/c1-3-5-6-7-20-10-17-24(25-18-20)23-15-13-22(14-16-23)21-11-8-19(4-2)9-12-21/h4,13-16,19-21,24H,2-3,5-12,17-18H2,1H3. The van der Waals surface area contributed by atoms with E-state index in [2.05, 4.69) is 43.8 Å². The summed E-state index contributed by atoms with van der Waals surface area (Å²) in [7, 11) is 0. The molecular weight excluding hydrogens is 304 g/mol. The zero-order valence-corrected chi connectivity index (χ0v) is 16.1. The van der Waals surface area contributed by atoms with Gasteiger partial charge in [-0.25, -0.2) is 0 Å². The van der Waals surface area contributed by atoms with Crippen molar-refractivity contribution in [2.24, 2.45) is 11.8 Å². The third kappa shape index (κ3) is 5.20. The average Bonchev–Trinajstić information content (AvgIpc) is 2.69. The lowest BCUT2D eigenvalue weighted by Crippen LogP contribution is -2.20. The Kier molecular flexibility index (Phi) is 7.16. The predicted molar refractivity (Wildman–Crippen MR) is 107 cm³/mol. The van der Waals surface area contributed by atoms with Crippen LogP contribution in [0.1, 0.15) is 94.3 Å². The van der Waals surface area contributed by atoms with E-state index < -0.39 is 0 Å². The van der Waals surface area contributed by atoms with E-state index in [9.17, 15) is 0 Å². The maximum Gasteiger partial charge on any atom is 0.0825 e. The summed E-state index contributed by atoms with van der Waals surface area (Å²) in [5, 5.41) is 0. The van der Waals surface area contributed by atoms with Gasteiger partial charge in [-0.3, -0.25) is 0 Å². The van der Waals surface area contributed by atoms with Crippen LogP contribution in [0.4, 0.5) is 0 Å². The maximum atomic E-state index is 6.21. The summed E-state index contributed by atoms with van der Waals surface area (Å²) in [4.78, 5) is 0. The first-order valence-corrected chi connectivity index (χ1v) is 10.6. The third-order valence-corrected chi connectivity index (χ3v) is 6.47. The van der Waals surface area contributed by atoms with Gasteiger partial charge in [-0.2, -0.15) is 0 Å². The number of hydrogen-bond donors (Lipinski definition) is 0. The van der Waals surface area contributed by atoms with Gasteiger partial charge in [-0.05, 0) is 73.8 Å². The molecule has 1 heteroatoms. The molecule has 2 atom stereocenters. The summed E-state index contributed by atoms with van der Waals surface area (Å²) in [6.07, 6.45) is 15.7. The second-order valence-electron chi connectivity index (χ2n) is 8.28. The summed E-state index contributed by atoms with van der Waals surface area (Å²) < 4.78 is 6.21. The molecule has 1 saturated heterocycles. The lowest BCUT2D eigenvalue weighted by molar-refractivity contribution is -0.0198. The lowest BCUT2D eigenvalue weighted by Gasteiger charge is -2.30. The van der Waals surface area contributed by atoms with Gasteiger partial charge < -0.3 is 4.74 Å². The fourth-order valence-corrected chi connectivity index (χ4v) is 4.65. The Morgan fingerprint density at radius 1 is 0.960 bits per heavy atom. The van der Waals surface area contributed by atoms with E-state index in [1.807, 2.05) is 0 Å². The maximum absolute atomic E-state index is 6.21. The minimum atomic E-state index is 0.327. The minimum Gasteiger partial charge on any atom is -0.373 e. The quantitative estimate of drug-likeness (QED) is 0.377. The van der Waals surface area contributed by atoms with Crippen molar-refractivity contribution < 1.29 is 4.74 Å². The highest BCUT2D eigenvalue weighted by molar-refractivity contribution is 5.27. The molecule has 1 saturated carbocycles. The first-order chi connectivity index (χ1) is 12.3. The molecule has 1 aromatic carbocycles. The van der Waals surface area contributed by atoms with Gasteiger partial charge in [0.25, 0.3) is 0 Å². The van der Waals surface area contributed by atoms with Gasteiger partial charge in [0, 0.05) is 0 Å². The first kappa shape index (κ1) is 18.7. The Morgan fingerprint density at radius 2 is 1.68 bits per heavy atom. The number of unbranched alkanes of at least 4 members (excludes halogenated alkanes) is 2. The van der Waals surface area contributed by atoms with Crippen molar-refractivity contribution >= 4 is 0 Å². The minimum absolute atomic E-state index is 0.327. The molecule has 0 aromatic heterocycles. The summed E-state index contributed by atoms with van der Waals surface area (Å²) in [6, 6.07) is 9.39. The van der Waals surface area contributed by atoms with E-state index in [0.29, 0.717) is 6.10 Å². The molecule has 25 heavy (non-hydrogen) atoms. The molecule has 1 aromatic rings. The number of rotatable bonds is 7. The molecule has 0 radical (unpaired) electrons. The molecule has 2 unspecified atom stereocenters. The van der Waals surface area contributed by atoms with Crippen LogP contribution in [0.25, 0.3) is 0 Å². The zero-order valence-electron chi connectivity index (χ0n) is 16.1. The van der Waals surface area contributed by atoms with Crippen molar-refractivity contribution in [3.8, 4) is 0 Å². The van der Waals surface area contributed by atoms with Crippen molar-refractivity contribution in [2.45, 2.75) is 83.2 Å². The molecule has 1 aliphatic heterocycles. The molecule has 1 nitrogen and oxygen atoms in total. The van der Waals surface area contributed by atoms with Crippen molar-refractivity contribution in [1.29, 1.82) is 0 Å². The van der Waals surface area contributed by atoms with Crippen LogP contribution in [0.3, 0.4) is 0 Å². The van der Waals surface area contributed by atoms with Gasteiger partial charge in [0.2, 0.25) is 0 Å². The van der Waals surface area contributed by atoms with Crippen molar-refractivity contribution in [2.75, 3.05) is 6.61 Å². The van der Waals surface area contributed by atoms with Crippen LogP contribution in [0, 0.1) is 11.8 Å². The number of hydrogen-bond acceptors (Lipinski definition) is 1. The molecule has 2 fully saturated rings. The van der Waals surface area contributed by atoms with Crippen molar-refractivity contribution in [3.63, 3.8) is 0 Å². The molecular formula is C24H36O. The van der Waals surface area contributed by atoms with Crippen LogP contribution in [-0.4, -0.2) is 6.61 Å². The Hall–Kier alpha value is -1.08. The fourth-order valence-electron chi connectivity index (χ4n) is 4.65. The summed E-state index contributed by atoms with van der Waals surface area (Å²) in [6.45, 7) is 7.20. The van der Waals surface area contributed by atoms with Crippen LogP contribution in [0.2, 0.25) is 0 Å². The van der Waals surface area contributed by atoms with Gasteiger partial charge in [-0.1, -0.05) is 56.5 Å². The summed E-state index contributed by atoms with van der Waals surface area (Å²) in [5.41, 5.74) is 2.91. The van der Waals surface area contributed by atoms with E-state index in [1.165, 1.54) is 75.3 Å². The topological polar surface area (TPSA) is 9.23 Å². The largest absolute Gasteiger partial charge is 0.373 e. The number of ether oxygens (including phenoxy) is 1. The Balaban J connectivity index is 1.47. The monoisotopic (exact) mass is 340 g/mol. The van der Waals surface area contributed by atoms with Crippen LogP contribution >= 0.6 is 0 Å². The highest BCUT2D eigenvalue weighted by atomic mass is 16.5. The van der Waals surface area contributed by atoms with Gasteiger partial charge in [0.1, 0.15) is 0 Å². The van der Waals surface area contributed by atoms with E-state index in [0.717, 1.165) is 24.4 Å². The number of benzene rings is 1. The second kappa shape index (κ2) is 9.57. The molecule has 0 bridgehead atoms. The zero-order chi connectivity index (χ0) is 17.5. The van der Waals surface area contributed by atoms with Crippen LogP contribution in [0.15, 0.2) is 36.9 Å². The van der Waals surface area contributed by atoms with E-state index in [1.54, 1.807) is 0 Å². The van der Waals surface area contributed by atoms with Gasteiger partial charge in [0.15, 0.2) is 0 Å². The van der Waals surface area contributed by atoms with Crippen LogP contribution in [-0.2, 0) is 4.74 Å². The van der Waals surface area contributed by atoms with E-state index in [-0.39, 0.29) is 0 Å². The highest BCUT2D eigenvalue weighted by Gasteiger charge is 2.24. The Morgan fingerprint density at radius 3 is 2.28 bits per heavy atom. The van der Waals surface area contributed by atoms with E-state index in [4.69, 9.17) is 4.74 Å². The second-order valence-corrected chi connectivity index (χ2v) is 8.28. The molecule has 3 rings (SSSR count). The van der Waals surface area contributed by atoms with Crippen LogP contribution in [0.5, 0.6) is 0 Å². The molecule has 1 aliphatic carbocycles. The predicted octanol–water partition coefficient (Wildman–Crippen LogP) is 7.19. The van der Waals surface area contributed by atoms with Crippen molar-refractivity contribution in [1.82, 2.24) is 0 Å². The smallest absolute Gasteiger partial charge is 0.0825 e. The normalized spacial score (nSPS) is 30.1. The molecule has 138 valence electrons. The summed E-state index contributed by atoms with van der Waals surface area (Å²) in [5.74, 6) is 2.29. The number of allylic oxidation sites excluding steroid dienone is 1. The average molecular weight is 341 g/mol. The molecule has 1 heterocycles. The Bertz CT molecular complexity index is 501. The van der Waals surface area contributed by atoms with Crippen molar-refractivity contribution in [3.05, 3.63) is 48.0 Å². The molecule has 2 aliphatic rings. The Labute approximate surface area is 154 Å². The first-order valence-electron chi connectivity index (χ1n) is 10.6. The summed E-state index contributed by atoms with van der Waals surface area (Å²) >= 11 is 0. The molecule has 0 amide bonds. The fraction of sp³-hybridized carbons (Fsp3) is 0.667. The van der Waals surface area contributed by atoms with Crippen LogP contribution < -0.4 is 0 Å². The third-order valence-electron chi connectivity index (χ3n) is 6.47. The van der Waals surface area contributed by atoms with E-state index >= 15 is 0 Å². The lowest BCUT2D eigenvalue weighted by atomic mass is 9.78. The van der Waals surface area contributed by atoms with Gasteiger partial charge in [-0.15, -0.1) is 6.58 Å². The SMILES string of the molecule is C=CC1CCC(c2ccc(C3CCC(CCCCC)CO3)cc2)CC1. The highest BCUT2D eigenvalue weighted by Crippen LogP contribution is 2.37. The molecule has 0 spiro atoms. The van der Waals surface area contributed by atoms with Gasteiger partial charge in [0.05, 0.1) is 12.7 Å². The van der Waals surface area contributed by atoms with Gasteiger partial charge >= 0.3 is 0 Å². The molecule has 0 N–H and O–H groups in total.